The van der Waals surface area contributed by atoms with Crippen molar-refractivity contribution in [3.63, 3.8) is 0 Å². The maximum Gasteiger partial charge on any atom is 0.338 e. The molecule has 2 aromatic heterocycles. The smallest absolute Gasteiger partial charge is 0.338 e. The molecule has 1 amide bonds. The zero-order chi connectivity index (χ0) is 24.1. The van der Waals surface area contributed by atoms with Crippen LogP contribution < -0.4 is 14.8 Å². The number of carbonyl (C=O) groups is 2. The Kier molecular flexibility index (Phi) is 6.72. The number of benzene rings is 2. The molecular weight excluding hydrogens is 436 g/mol. The highest BCUT2D eigenvalue weighted by molar-refractivity contribution is 6.03. The summed E-state index contributed by atoms with van der Waals surface area (Å²) in [5.41, 5.74) is 3.23. The third-order valence-corrected chi connectivity index (χ3v) is 5.09. The summed E-state index contributed by atoms with van der Waals surface area (Å²) in [5.74, 6) is 0.401. The van der Waals surface area contributed by atoms with Gasteiger partial charge in [0.1, 0.15) is 0 Å². The molecular formula is C25H24N4O5. The van der Waals surface area contributed by atoms with Crippen molar-refractivity contribution in [3.05, 3.63) is 72.1 Å². The molecule has 9 heteroatoms. The van der Waals surface area contributed by atoms with E-state index in [1.54, 1.807) is 67.4 Å². The molecule has 174 valence electrons. The molecule has 4 aromatic rings. The molecule has 0 fully saturated rings. The van der Waals surface area contributed by atoms with Crippen molar-refractivity contribution in [3.8, 4) is 22.8 Å². The van der Waals surface area contributed by atoms with Crippen LogP contribution in [-0.4, -0.2) is 47.3 Å². The Morgan fingerprint density at radius 2 is 1.74 bits per heavy atom. The van der Waals surface area contributed by atoms with Gasteiger partial charge in [-0.3, -0.25) is 4.79 Å². The molecule has 0 spiro atoms. The van der Waals surface area contributed by atoms with Gasteiger partial charge in [-0.1, -0.05) is 6.92 Å². The molecule has 0 atom stereocenters. The lowest BCUT2D eigenvalue weighted by Gasteiger charge is -2.10. The maximum atomic E-state index is 12.8. The van der Waals surface area contributed by atoms with E-state index < -0.39 is 11.9 Å². The van der Waals surface area contributed by atoms with Crippen LogP contribution in [0.3, 0.4) is 0 Å². The van der Waals surface area contributed by atoms with Crippen LogP contribution in [0.25, 0.3) is 16.9 Å². The van der Waals surface area contributed by atoms with Crippen LogP contribution in [0.2, 0.25) is 0 Å². The second kappa shape index (κ2) is 10.0. The number of carbonyl (C=O) groups excluding carboxylic acids is 2. The molecule has 0 unspecified atom stereocenters. The Morgan fingerprint density at radius 1 is 0.971 bits per heavy atom. The van der Waals surface area contributed by atoms with Gasteiger partial charge in [0.15, 0.2) is 22.8 Å². The largest absolute Gasteiger partial charge is 0.493 e. The fraction of sp³-hybridized carbons (Fsp3) is 0.200. The SMILES string of the molecule is CCCOC(=O)c1ccc(NC(=O)c2cc3nccc(-c4ccc(OC)c(OC)c4)n3n2)cc1. The summed E-state index contributed by atoms with van der Waals surface area (Å²) in [6.45, 7) is 2.29. The van der Waals surface area contributed by atoms with Crippen LogP contribution in [0.15, 0.2) is 60.8 Å². The van der Waals surface area contributed by atoms with Gasteiger partial charge in [0.25, 0.3) is 5.91 Å². The van der Waals surface area contributed by atoms with Crippen LogP contribution >= 0.6 is 0 Å². The summed E-state index contributed by atoms with van der Waals surface area (Å²) >= 11 is 0. The molecule has 2 aromatic carbocycles. The van der Waals surface area contributed by atoms with Crippen molar-refractivity contribution >= 4 is 23.2 Å². The summed E-state index contributed by atoms with van der Waals surface area (Å²) in [5, 5.41) is 7.25. The van der Waals surface area contributed by atoms with Crippen molar-refractivity contribution < 1.29 is 23.8 Å². The van der Waals surface area contributed by atoms with E-state index in [0.717, 1.165) is 17.7 Å². The maximum absolute atomic E-state index is 12.8. The Balaban J connectivity index is 1.57. The summed E-state index contributed by atoms with van der Waals surface area (Å²) in [6, 6.07) is 15.4. The Labute approximate surface area is 196 Å². The third kappa shape index (κ3) is 4.68. The molecule has 0 aliphatic rings. The molecule has 0 bridgehead atoms. The minimum atomic E-state index is -0.398. The lowest BCUT2D eigenvalue weighted by Crippen LogP contribution is -2.13. The number of aromatic nitrogens is 3. The van der Waals surface area contributed by atoms with Gasteiger partial charge >= 0.3 is 5.97 Å². The predicted molar refractivity (Wildman–Crippen MR) is 126 cm³/mol. The first-order chi connectivity index (χ1) is 16.5. The van der Waals surface area contributed by atoms with Gasteiger partial charge in [0.05, 0.1) is 32.1 Å². The first-order valence-electron chi connectivity index (χ1n) is 10.7. The van der Waals surface area contributed by atoms with Crippen molar-refractivity contribution in [1.29, 1.82) is 0 Å². The highest BCUT2D eigenvalue weighted by Crippen LogP contribution is 2.32. The monoisotopic (exact) mass is 460 g/mol. The number of ether oxygens (including phenoxy) is 3. The zero-order valence-electron chi connectivity index (χ0n) is 19.1. The topological polar surface area (TPSA) is 104 Å². The Hall–Kier alpha value is -4.40. The van der Waals surface area contributed by atoms with Gasteiger partial charge in [0.2, 0.25) is 0 Å². The predicted octanol–water partition coefficient (Wildman–Crippen LogP) is 4.23. The molecule has 0 saturated carbocycles. The first-order valence-corrected chi connectivity index (χ1v) is 10.7. The lowest BCUT2D eigenvalue weighted by atomic mass is 10.1. The van der Waals surface area contributed by atoms with Crippen molar-refractivity contribution in [1.82, 2.24) is 14.6 Å². The van der Waals surface area contributed by atoms with Crippen LogP contribution in [0.4, 0.5) is 5.69 Å². The molecule has 2 heterocycles. The average molecular weight is 460 g/mol. The Bertz CT molecular complexity index is 1330. The molecule has 1 N–H and O–H groups in total. The first kappa shape index (κ1) is 22.8. The summed E-state index contributed by atoms with van der Waals surface area (Å²) in [4.78, 5) is 29.1. The van der Waals surface area contributed by atoms with E-state index in [9.17, 15) is 9.59 Å². The number of esters is 1. The second-order valence-electron chi connectivity index (χ2n) is 7.37. The minimum Gasteiger partial charge on any atom is -0.493 e. The number of nitrogens with one attached hydrogen (secondary N) is 1. The Morgan fingerprint density at radius 3 is 2.44 bits per heavy atom. The molecule has 4 rings (SSSR count). The number of amides is 1. The molecule has 0 aliphatic heterocycles. The van der Waals surface area contributed by atoms with Crippen molar-refractivity contribution in [2.75, 3.05) is 26.1 Å². The van der Waals surface area contributed by atoms with E-state index in [1.165, 1.54) is 0 Å². The fourth-order valence-corrected chi connectivity index (χ4v) is 3.38. The number of hydrogen-bond acceptors (Lipinski definition) is 7. The van der Waals surface area contributed by atoms with Crippen molar-refractivity contribution in [2.45, 2.75) is 13.3 Å². The normalized spacial score (nSPS) is 10.7. The number of fused-ring (bicyclic) bond motifs is 1. The number of methoxy groups -OCH3 is 2. The molecule has 34 heavy (non-hydrogen) atoms. The van der Waals surface area contributed by atoms with Gasteiger partial charge in [-0.05, 0) is 55.0 Å². The van der Waals surface area contributed by atoms with Gasteiger partial charge in [-0.2, -0.15) is 5.10 Å². The van der Waals surface area contributed by atoms with E-state index in [-0.39, 0.29) is 5.69 Å². The molecule has 0 saturated heterocycles. The van der Waals surface area contributed by atoms with Gasteiger partial charge in [0, 0.05) is 23.5 Å². The molecule has 0 aliphatic carbocycles. The van der Waals surface area contributed by atoms with Crippen molar-refractivity contribution in [2.24, 2.45) is 0 Å². The number of nitrogens with zero attached hydrogens (tertiary/aromatic N) is 3. The highest BCUT2D eigenvalue weighted by atomic mass is 16.5. The van der Waals surface area contributed by atoms with E-state index >= 15 is 0 Å². The minimum absolute atomic E-state index is 0.201. The molecule has 9 nitrogen and oxygen atoms in total. The fourth-order valence-electron chi connectivity index (χ4n) is 3.38. The lowest BCUT2D eigenvalue weighted by molar-refractivity contribution is 0.0505. The van der Waals surface area contributed by atoms with Crippen LogP contribution in [0.1, 0.15) is 34.2 Å². The number of hydrogen-bond donors (Lipinski definition) is 1. The average Bonchev–Trinajstić information content (AvgIpc) is 3.32. The van der Waals surface area contributed by atoms with Gasteiger partial charge < -0.3 is 19.5 Å². The highest BCUT2D eigenvalue weighted by Gasteiger charge is 2.16. The zero-order valence-corrected chi connectivity index (χ0v) is 19.1. The quantitative estimate of drug-likeness (QED) is 0.392. The standard InChI is InChI=1S/C25H24N4O5/c1-4-13-34-25(31)16-5-8-18(9-6-16)27-24(30)19-15-23-26-12-11-20(29(23)28-19)17-7-10-21(32-2)22(14-17)33-3/h5-12,14-15H,4,13H2,1-3H3,(H,27,30). The summed E-state index contributed by atoms with van der Waals surface area (Å²) < 4.78 is 17.4. The van der Waals surface area contributed by atoms with Crippen LogP contribution in [0, 0.1) is 0 Å². The molecule has 0 radical (unpaired) electrons. The van der Waals surface area contributed by atoms with Gasteiger partial charge in [-0.15, -0.1) is 0 Å². The van der Waals surface area contributed by atoms with E-state index in [1.807, 2.05) is 19.1 Å². The third-order valence-electron chi connectivity index (χ3n) is 5.09. The number of anilines is 1. The summed E-state index contributed by atoms with van der Waals surface area (Å²) in [7, 11) is 3.15. The van der Waals surface area contributed by atoms with Gasteiger partial charge in [-0.25, -0.2) is 14.3 Å². The summed E-state index contributed by atoms with van der Waals surface area (Å²) in [6.07, 6.45) is 2.41. The van der Waals surface area contributed by atoms with Crippen LogP contribution in [-0.2, 0) is 4.74 Å². The van der Waals surface area contributed by atoms with E-state index in [2.05, 4.69) is 15.4 Å². The van der Waals surface area contributed by atoms with E-state index in [4.69, 9.17) is 14.2 Å². The number of rotatable bonds is 8. The second-order valence-corrected chi connectivity index (χ2v) is 7.37. The van der Waals surface area contributed by atoms with E-state index in [0.29, 0.717) is 35.0 Å². The van der Waals surface area contributed by atoms with Crippen LogP contribution in [0.5, 0.6) is 11.5 Å².